The second kappa shape index (κ2) is 3.41. The minimum atomic E-state index is 0.142. The van der Waals surface area contributed by atoms with Crippen molar-refractivity contribution in [2.24, 2.45) is 0 Å². The van der Waals surface area contributed by atoms with Gasteiger partial charge >= 0.3 is 0 Å². The number of ketones is 1. The summed E-state index contributed by atoms with van der Waals surface area (Å²) in [6.45, 7) is 5.68. The molecule has 1 unspecified atom stereocenters. The van der Waals surface area contributed by atoms with Gasteiger partial charge in [0.15, 0.2) is 0 Å². The first kappa shape index (κ1) is 9.20. The number of benzene rings is 1. The van der Waals surface area contributed by atoms with Gasteiger partial charge in [-0.25, -0.2) is 0 Å². The fourth-order valence-electron chi connectivity index (χ4n) is 1.97. The molecule has 1 aromatic rings. The van der Waals surface area contributed by atoms with E-state index in [1.807, 2.05) is 19.1 Å². The van der Waals surface area contributed by atoms with E-state index >= 15 is 0 Å². The largest absolute Gasteiger partial charge is 0.299 e. The Bertz CT molecular complexity index is 390. The van der Waals surface area contributed by atoms with Gasteiger partial charge in [-0.3, -0.25) is 4.79 Å². The van der Waals surface area contributed by atoms with Crippen LogP contribution in [0.5, 0.6) is 0 Å². The molecule has 1 aliphatic carbocycles. The summed E-state index contributed by atoms with van der Waals surface area (Å²) in [6, 6.07) is 8.18. The number of hydrogen-bond donors (Lipinski definition) is 0. The maximum Gasteiger partial charge on any atom is 0.144 e. The molecule has 1 nitrogen and oxygen atoms in total. The lowest BCUT2D eigenvalue weighted by Gasteiger charge is -2.28. The Labute approximate surface area is 84.5 Å². The fourth-order valence-corrected chi connectivity index (χ4v) is 1.97. The molecule has 0 heterocycles. The number of allylic oxidation sites excluding steroid dienone is 1. The van der Waals surface area contributed by atoms with Crippen LogP contribution in [0.1, 0.15) is 30.4 Å². The van der Waals surface area contributed by atoms with Crippen molar-refractivity contribution in [1.29, 1.82) is 0 Å². The molecule has 0 aromatic heterocycles. The Kier molecular flexibility index (Phi) is 2.24. The van der Waals surface area contributed by atoms with E-state index in [-0.39, 0.29) is 5.92 Å². The highest BCUT2D eigenvalue weighted by Crippen LogP contribution is 2.36. The standard InChI is InChI=1S/C13H14O/c1-9(2)7-13(14)12-8-10-5-3-4-6-11(10)12/h3-6,12H,1,7-8H2,2H3. The molecule has 0 fully saturated rings. The number of rotatable bonds is 3. The quantitative estimate of drug-likeness (QED) is 0.663. The molecule has 1 atom stereocenters. The second-order valence-corrected chi connectivity index (χ2v) is 4.06. The highest BCUT2D eigenvalue weighted by molar-refractivity contribution is 5.90. The maximum absolute atomic E-state index is 11.7. The first-order valence-corrected chi connectivity index (χ1v) is 4.93. The van der Waals surface area contributed by atoms with Crippen molar-refractivity contribution in [3.8, 4) is 0 Å². The first-order valence-electron chi connectivity index (χ1n) is 4.93. The van der Waals surface area contributed by atoms with Crippen molar-refractivity contribution in [3.05, 3.63) is 47.5 Å². The third-order valence-corrected chi connectivity index (χ3v) is 2.72. The average Bonchev–Trinajstić information content (AvgIpc) is 2.05. The molecule has 0 aliphatic heterocycles. The van der Waals surface area contributed by atoms with Crippen molar-refractivity contribution < 1.29 is 4.79 Å². The summed E-state index contributed by atoms with van der Waals surface area (Å²) in [4.78, 5) is 11.7. The molecular formula is C13H14O. The van der Waals surface area contributed by atoms with Crippen molar-refractivity contribution >= 4 is 5.78 Å². The minimum Gasteiger partial charge on any atom is -0.299 e. The molecule has 1 aliphatic rings. The van der Waals surface area contributed by atoms with E-state index in [9.17, 15) is 4.79 Å². The van der Waals surface area contributed by atoms with Gasteiger partial charge in [0.1, 0.15) is 5.78 Å². The highest BCUT2D eigenvalue weighted by atomic mass is 16.1. The van der Waals surface area contributed by atoms with E-state index in [2.05, 4.69) is 18.7 Å². The molecule has 1 heteroatoms. The second-order valence-electron chi connectivity index (χ2n) is 4.06. The van der Waals surface area contributed by atoms with Gasteiger partial charge in [-0.05, 0) is 24.5 Å². The van der Waals surface area contributed by atoms with Gasteiger partial charge in [0.25, 0.3) is 0 Å². The molecule has 0 radical (unpaired) electrons. The van der Waals surface area contributed by atoms with Crippen molar-refractivity contribution in [2.75, 3.05) is 0 Å². The Morgan fingerprint density at radius 3 is 2.86 bits per heavy atom. The van der Waals surface area contributed by atoms with E-state index < -0.39 is 0 Å². The molecular weight excluding hydrogens is 172 g/mol. The summed E-state index contributed by atoms with van der Waals surface area (Å²) in [7, 11) is 0. The average molecular weight is 186 g/mol. The van der Waals surface area contributed by atoms with Crippen LogP contribution in [0.3, 0.4) is 0 Å². The van der Waals surface area contributed by atoms with Crippen molar-refractivity contribution in [3.63, 3.8) is 0 Å². The van der Waals surface area contributed by atoms with Gasteiger partial charge in [-0.1, -0.05) is 36.4 Å². The Morgan fingerprint density at radius 2 is 2.21 bits per heavy atom. The maximum atomic E-state index is 11.7. The molecule has 14 heavy (non-hydrogen) atoms. The smallest absolute Gasteiger partial charge is 0.144 e. The number of fused-ring (bicyclic) bond motifs is 1. The molecule has 2 rings (SSSR count). The third kappa shape index (κ3) is 1.50. The van der Waals surface area contributed by atoms with E-state index in [1.165, 1.54) is 11.1 Å². The predicted octanol–water partition coefficient (Wildman–Crippen LogP) is 2.86. The monoisotopic (exact) mass is 186 g/mol. The number of carbonyl (C=O) groups excluding carboxylic acids is 1. The zero-order valence-corrected chi connectivity index (χ0v) is 8.42. The topological polar surface area (TPSA) is 17.1 Å². The molecule has 0 saturated carbocycles. The summed E-state index contributed by atoms with van der Waals surface area (Å²) < 4.78 is 0. The van der Waals surface area contributed by atoms with Crippen LogP contribution in [0.2, 0.25) is 0 Å². The van der Waals surface area contributed by atoms with Crippen LogP contribution in [0.4, 0.5) is 0 Å². The van der Waals surface area contributed by atoms with Crippen LogP contribution in [0, 0.1) is 0 Å². The van der Waals surface area contributed by atoms with Crippen molar-refractivity contribution in [2.45, 2.75) is 25.7 Å². The summed E-state index contributed by atoms with van der Waals surface area (Å²) in [6.07, 6.45) is 1.45. The molecule has 0 saturated heterocycles. The Balaban J connectivity index is 2.12. The van der Waals surface area contributed by atoms with Gasteiger partial charge in [-0.2, -0.15) is 0 Å². The zero-order valence-electron chi connectivity index (χ0n) is 8.42. The zero-order chi connectivity index (χ0) is 10.1. The SMILES string of the molecule is C=C(C)CC(=O)C1Cc2ccccc21. The first-order chi connectivity index (χ1) is 6.68. The molecule has 0 amide bonds. The molecule has 1 aromatic carbocycles. The lowest BCUT2D eigenvalue weighted by atomic mass is 9.74. The number of carbonyl (C=O) groups is 1. The third-order valence-electron chi connectivity index (χ3n) is 2.72. The fraction of sp³-hybridized carbons (Fsp3) is 0.308. The van der Waals surface area contributed by atoms with Gasteiger partial charge < -0.3 is 0 Å². The summed E-state index contributed by atoms with van der Waals surface area (Å²) in [5.74, 6) is 0.457. The molecule has 0 N–H and O–H groups in total. The number of hydrogen-bond acceptors (Lipinski definition) is 1. The van der Waals surface area contributed by atoms with E-state index in [1.54, 1.807) is 0 Å². The van der Waals surface area contributed by atoms with Crippen LogP contribution in [0.15, 0.2) is 36.4 Å². The van der Waals surface area contributed by atoms with Crippen molar-refractivity contribution in [1.82, 2.24) is 0 Å². The lowest BCUT2D eigenvalue weighted by Crippen LogP contribution is -2.25. The van der Waals surface area contributed by atoms with Crippen LogP contribution >= 0.6 is 0 Å². The highest BCUT2D eigenvalue weighted by Gasteiger charge is 2.30. The van der Waals surface area contributed by atoms with Crippen LogP contribution < -0.4 is 0 Å². The summed E-state index contributed by atoms with van der Waals surface area (Å²) in [5.41, 5.74) is 3.51. The van der Waals surface area contributed by atoms with Gasteiger partial charge in [0, 0.05) is 12.3 Å². The molecule has 0 spiro atoms. The van der Waals surface area contributed by atoms with Crippen LogP contribution in [-0.4, -0.2) is 5.78 Å². The molecule has 72 valence electrons. The van der Waals surface area contributed by atoms with Gasteiger partial charge in [0.05, 0.1) is 0 Å². The van der Waals surface area contributed by atoms with Gasteiger partial charge in [-0.15, -0.1) is 0 Å². The number of Topliss-reactive ketones (excluding diaryl/α,β-unsaturated/α-hetero) is 1. The van der Waals surface area contributed by atoms with Crippen LogP contribution in [-0.2, 0) is 11.2 Å². The summed E-state index contributed by atoms with van der Waals surface area (Å²) in [5, 5.41) is 0. The predicted molar refractivity (Wildman–Crippen MR) is 57.3 cm³/mol. The Hall–Kier alpha value is -1.37. The minimum absolute atomic E-state index is 0.142. The van der Waals surface area contributed by atoms with E-state index in [4.69, 9.17) is 0 Å². The van der Waals surface area contributed by atoms with E-state index in [0.717, 1.165) is 12.0 Å². The van der Waals surface area contributed by atoms with Gasteiger partial charge in [0.2, 0.25) is 0 Å². The van der Waals surface area contributed by atoms with E-state index in [0.29, 0.717) is 12.2 Å². The lowest BCUT2D eigenvalue weighted by molar-refractivity contribution is -0.120. The molecule has 0 bridgehead atoms. The summed E-state index contributed by atoms with van der Waals surface area (Å²) >= 11 is 0. The normalized spacial score (nSPS) is 18.2. The Morgan fingerprint density at radius 1 is 1.50 bits per heavy atom. The van der Waals surface area contributed by atoms with Crippen LogP contribution in [0.25, 0.3) is 0 Å².